The van der Waals surface area contributed by atoms with Crippen molar-refractivity contribution in [3.63, 3.8) is 0 Å². The lowest BCUT2D eigenvalue weighted by molar-refractivity contribution is 0.181. The molecule has 2 atom stereocenters. The lowest BCUT2D eigenvalue weighted by atomic mass is 10.1. The number of sulfone groups is 1. The molecule has 1 saturated heterocycles. The van der Waals surface area contributed by atoms with Crippen LogP contribution in [0.5, 0.6) is 0 Å². The van der Waals surface area contributed by atoms with E-state index in [2.05, 4.69) is 15.2 Å². The molecule has 2 rings (SSSR count). The summed E-state index contributed by atoms with van der Waals surface area (Å²) in [6, 6.07) is 8.44. The molecule has 2 unspecified atom stereocenters. The van der Waals surface area contributed by atoms with Gasteiger partial charge in [-0.3, -0.25) is 4.99 Å². The minimum atomic E-state index is -3.34. The topological polar surface area (TPSA) is 71.0 Å². The molecule has 1 aromatic carbocycles. The lowest BCUT2D eigenvalue weighted by Crippen LogP contribution is -2.48. The van der Waals surface area contributed by atoms with E-state index in [0.717, 1.165) is 32.1 Å². The van der Waals surface area contributed by atoms with E-state index < -0.39 is 9.84 Å². The molecule has 1 fully saturated rings. The Morgan fingerprint density at radius 1 is 1.33 bits per heavy atom. The average Bonchev–Trinajstić information content (AvgIpc) is 3.14. The summed E-state index contributed by atoms with van der Waals surface area (Å²) in [6.45, 7) is 7.08. The number of halogens is 1. The number of rotatable bonds is 8. The molecular weight excluding hydrogens is 477 g/mol. The Morgan fingerprint density at radius 2 is 2.04 bits per heavy atom. The first-order valence-corrected chi connectivity index (χ1v) is 11.0. The van der Waals surface area contributed by atoms with Crippen molar-refractivity contribution in [2.24, 2.45) is 10.9 Å². The van der Waals surface area contributed by atoms with Gasteiger partial charge in [-0.15, -0.1) is 24.0 Å². The zero-order valence-electron chi connectivity index (χ0n) is 16.4. The molecule has 1 aromatic rings. The maximum atomic E-state index is 12.7. The van der Waals surface area contributed by atoms with Gasteiger partial charge < -0.3 is 15.0 Å². The Balaban J connectivity index is 0.00000364. The zero-order chi connectivity index (χ0) is 19.0. The number of aliphatic imine (C=N–C) groups is 1. The van der Waals surface area contributed by atoms with E-state index >= 15 is 0 Å². The SMILES string of the molecule is CCN=C(NC(CC)CS(=O)(=O)c1ccccc1)N(C)CC1CCOC1.I. The first kappa shape index (κ1) is 24.2. The lowest BCUT2D eigenvalue weighted by Gasteiger charge is -2.28. The van der Waals surface area contributed by atoms with Crippen LogP contribution in [0, 0.1) is 5.92 Å². The van der Waals surface area contributed by atoms with E-state index in [4.69, 9.17) is 4.74 Å². The van der Waals surface area contributed by atoms with E-state index in [1.807, 2.05) is 27.0 Å². The number of nitrogens with zero attached hydrogens (tertiary/aromatic N) is 2. The van der Waals surface area contributed by atoms with Crippen molar-refractivity contribution in [2.75, 3.05) is 39.1 Å². The monoisotopic (exact) mass is 509 g/mol. The summed E-state index contributed by atoms with van der Waals surface area (Å²) in [4.78, 5) is 7.00. The Labute approximate surface area is 180 Å². The van der Waals surface area contributed by atoms with Crippen LogP contribution in [0.25, 0.3) is 0 Å². The summed E-state index contributed by atoms with van der Waals surface area (Å²) in [7, 11) is -1.34. The van der Waals surface area contributed by atoms with Crippen molar-refractivity contribution in [3.05, 3.63) is 30.3 Å². The average molecular weight is 509 g/mol. The summed E-state index contributed by atoms with van der Waals surface area (Å²) in [5.41, 5.74) is 0. The van der Waals surface area contributed by atoms with Crippen LogP contribution in [-0.2, 0) is 14.6 Å². The molecule has 8 heteroatoms. The minimum Gasteiger partial charge on any atom is -0.381 e. The molecule has 1 N–H and O–H groups in total. The Bertz CT molecular complexity index is 677. The third-order valence-corrected chi connectivity index (χ3v) is 6.41. The molecule has 0 spiro atoms. The summed E-state index contributed by atoms with van der Waals surface area (Å²) in [5.74, 6) is 1.31. The molecule has 1 aliphatic heterocycles. The van der Waals surface area contributed by atoms with Crippen molar-refractivity contribution in [2.45, 2.75) is 37.6 Å². The largest absolute Gasteiger partial charge is 0.381 e. The number of hydrogen-bond donors (Lipinski definition) is 1. The van der Waals surface area contributed by atoms with Gasteiger partial charge in [-0.05, 0) is 31.9 Å². The Morgan fingerprint density at radius 3 is 2.59 bits per heavy atom. The maximum Gasteiger partial charge on any atom is 0.193 e. The van der Waals surface area contributed by atoms with E-state index in [0.29, 0.717) is 23.8 Å². The van der Waals surface area contributed by atoms with Crippen LogP contribution < -0.4 is 5.32 Å². The number of ether oxygens (including phenoxy) is 1. The second-order valence-electron chi connectivity index (χ2n) is 6.75. The van der Waals surface area contributed by atoms with Gasteiger partial charge in [-0.25, -0.2) is 8.42 Å². The van der Waals surface area contributed by atoms with Crippen molar-refractivity contribution in [3.8, 4) is 0 Å². The Hall–Kier alpha value is -0.870. The van der Waals surface area contributed by atoms with E-state index in [1.54, 1.807) is 24.3 Å². The fourth-order valence-corrected chi connectivity index (χ4v) is 4.67. The fraction of sp³-hybridized carbons (Fsp3) is 0.632. The van der Waals surface area contributed by atoms with Crippen LogP contribution in [0.1, 0.15) is 26.7 Å². The third-order valence-electron chi connectivity index (χ3n) is 4.57. The molecule has 0 saturated carbocycles. The maximum absolute atomic E-state index is 12.7. The van der Waals surface area contributed by atoms with Crippen LogP contribution in [0.15, 0.2) is 40.2 Å². The third kappa shape index (κ3) is 7.57. The molecular formula is C19H32IN3O3S. The highest BCUT2D eigenvalue weighted by Gasteiger charge is 2.23. The van der Waals surface area contributed by atoms with Gasteiger partial charge in [-0.1, -0.05) is 25.1 Å². The molecule has 1 heterocycles. The van der Waals surface area contributed by atoms with Crippen LogP contribution >= 0.6 is 24.0 Å². The van der Waals surface area contributed by atoms with Gasteiger partial charge in [0.25, 0.3) is 0 Å². The molecule has 0 amide bonds. The van der Waals surface area contributed by atoms with Crippen LogP contribution in [-0.4, -0.2) is 64.4 Å². The van der Waals surface area contributed by atoms with Crippen molar-refractivity contribution in [1.29, 1.82) is 0 Å². The quantitative estimate of drug-likeness (QED) is 0.332. The van der Waals surface area contributed by atoms with Crippen molar-refractivity contribution < 1.29 is 13.2 Å². The highest BCUT2D eigenvalue weighted by molar-refractivity contribution is 14.0. The number of hydrogen-bond acceptors (Lipinski definition) is 4. The standard InChI is InChI=1S/C19H31N3O3S.HI/c1-4-17(15-26(23,24)18-9-7-6-8-10-18)21-19(20-5-2)22(3)13-16-11-12-25-14-16;/h6-10,16-17H,4-5,11-15H2,1-3H3,(H,20,21);1H. The molecule has 0 aromatic heterocycles. The predicted molar refractivity (Wildman–Crippen MR) is 121 cm³/mol. The highest BCUT2D eigenvalue weighted by atomic mass is 127. The van der Waals surface area contributed by atoms with Gasteiger partial charge in [0, 0.05) is 38.7 Å². The normalized spacial score (nSPS) is 18.6. The predicted octanol–water partition coefficient (Wildman–Crippen LogP) is 2.79. The van der Waals surface area contributed by atoms with Crippen LogP contribution in [0.2, 0.25) is 0 Å². The van der Waals surface area contributed by atoms with Crippen molar-refractivity contribution >= 4 is 39.8 Å². The molecule has 1 aliphatic rings. The van der Waals surface area contributed by atoms with Gasteiger partial charge in [0.1, 0.15) is 0 Å². The Kier molecular flexibility index (Phi) is 10.6. The minimum absolute atomic E-state index is 0. The van der Waals surface area contributed by atoms with Crippen LogP contribution in [0.4, 0.5) is 0 Å². The smallest absolute Gasteiger partial charge is 0.193 e. The highest BCUT2D eigenvalue weighted by Crippen LogP contribution is 2.15. The van der Waals surface area contributed by atoms with Gasteiger partial charge >= 0.3 is 0 Å². The fourth-order valence-electron chi connectivity index (χ4n) is 3.06. The molecule has 0 bridgehead atoms. The number of nitrogens with one attached hydrogen (secondary N) is 1. The van der Waals surface area contributed by atoms with E-state index in [1.165, 1.54) is 0 Å². The summed E-state index contributed by atoms with van der Waals surface area (Å²) >= 11 is 0. The molecule has 0 aliphatic carbocycles. The zero-order valence-corrected chi connectivity index (χ0v) is 19.6. The summed E-state index contributed by atoms with van der Waals surface area (Å²) in [5, 5.41) is 3.36. The number of guanidine groups is 1. The molecule has 6 nitrogen and oxygen atoms in total. The van der Waals surface area contributed by atoms with Gasteiger partial charge in [0.15, 0.2) is 15.8 Å². The van der Waals surface area contributed by atoms with Gasteiger partial charge in [-0.2, -0.15) is 0 Å². The van der Waals surface area contributed by atoms with E-state index in [9.17, 15) is 8.42 Å². The van der Waals surface area contributed by atoms with Gasteiger partial charge in [0.2, 0.25) is 0 Å². The second-order valence-corrected chi connectivity index (χ2v) is 8.79. The van der Waals surface area contributed by atoms with E-state index in [-0.39, 0.29) is 35.8 Å². The molecule has 154 valence electrons. The first-order chi connectivity index (χ1) is 12.5. The second kappa shape index (κ2) is 11.9. The number of benzene rings is 1. The van der Waals surface area contributed by atoms with Gasteiger partial charge in [0.05, 0.1) is 17.3 Å². The van der Waals surface area contributed by atoms with Crippen LogP contribution in [0.3, 0.4) is 0 Å². The molecule has 0 radical (unpaired) electrons. The first-order valence-electron chi connectivity index (χ1n) is 9.34. The van der Waals surface area contributed by atoms with Crippen molar-refractivity contribution in [1.82, 2.24) is 10.2 Å². The summed E-state index contributed by atoms with van der Waals surface area (Å²) < 4.78 is 30.8. The summed E-state index contributed by atoms with van der Waals surface area (Å²) in [6.07, 6.45) is 1.76. The molecule has 27 heavy (non-hydrogen) atoms.